The van der Waals surface area contributed by atoms with Crippen LogP contribution in [0, 0.1) is 0 Å². The van der Waals surface area contributed by atoms with E-state index in [0.717, 1.165) is 6.07 Å². The summed E-state index contributed by atoms with van der Waals surface area (Å²) in [5.74, 6) is -1.03. The number of carbonyl (C=O) groups is 2. The van der Waals surface area contributed by atoms with Gasteiger partial charge in [-0.05, 0) is 18.9 Å². The van der Waals surface area contributed by atoms with Gasteiger partial charge in [0.2, 0.25) is 5.88 Å². The van der Waals surface area contributed by atoms with Crippen molar-refractivity contribution in [2.45, 2.75) is 45.4 Å². The number of ether oxygens (including phenoxy) is 3. The highest BCUT2D eigenvalue weighted by Gasteiger charge is 2.32. The predicted octanol–water partition coefficient (Wildman–Crippen LogP) is 3.14. The van der Waals surface area contributed by atoms with E-state index in [2.05, 4.69) is 4.98 Å². The van der Waals surface area contributed by atoms with Crippen molar-refractivity contribution in [2.75, 3.05) is 13.2 Å². The molecule has 0 saturated carbocycles. The third-order valence-electron chi connectivity index (χ3n) is 3.01. The summed E-state index contributed by atoms with van der Waals surface area (Å²) in [5, 5.41) is 0. The number of carbonyl (C=O) groups excluding carboxylic acids is 2. The Morgan fingerprint density at radius 2 is 1.84 bits per heavy atom. The highest BCUT2D eigenvalue weighted by molar-refractivity contribution is 5.66. The Kier molecular flexibility index (Phi) is 8.17. The Morgan fingerprint density at radius 3 is 2.44 bits per heavy atom. The Balaban J connectivity index is 2.47. The van der Waals surface area contributed by atoms with Crippen molar-refractivity contribution in [3.8, 4) is 5.88 Å². The molecule has 0 aliphatic rings. The van der Waals surface area contributed by atoms with Crippen LogP contribution in [-0.2, 0) is 25.2 Å². The van der Waals surface area contributed by atoms with Crippen LogP contribution in [-0.4, -0.2) is 36.2 Å². The SMILES string of the molecule is CC(=O)OCCC[C@H](CCOc1cccc(C(F)(F)F)n1)OC(C)=O. The first-order valence-corrected chi connectivity index (χ1v) is 7.66. The molecule has 1 aromatic rings. The molecule has 1 aromatic heterocycles. The fourth-order valence-corrected chi connectivity index (χ4v) is 1.97. The molecule has 1 rings (SSSR count). The van der Waals surface area contributed by atoms with Crippen molar-refractivity contribution >= 4 is 11.9 Å². The molecule has 0 aliphatic heterocycles. The smallest absolute Gasteiger partial charge is 0.433 e. The van der Waals surface area contributed by atoms with E-state index >= 15 is 0 Å². The van der Waals surface area contributed by atoms with Gasteiger partial charge in [0.25, 0.3) is 0 Å². The lowest BCUT2D eigenvalue weighted by Crippen LogP contribution is -2.20. The first-order valence-electron chi connectivity index (χ1n) is 7.66. The molecule has 0 spiro atoms. The van der Waals surface area contributed by atoms with E-state index in [1.165, 1.54) is 26.0 Å². The number of nitrogens with zero attached hydrogens (tertiary/aromatic N) is 1. The highest BCUT2D eigenvalue weighted by atomic mass is 19.4. The van der Waals surface area contributed by atoms with Crippen LogP contribution in [0.15, 0.2) is 18.2 Å². The second-order valence-electron chi connectivity index (χ2n) is 5.21. The van der Waals surface area contributed by atoms with Gasteiger partial charge in [-0.25, -0.2) is 4.98 Å². The van der Waals surface area contributed by atoms with E-state index in [-0.39, 0.29) is 25.5 Å². The van der Waals surface area contributed by atoms with Crippen molar-refractivity contribution in [2.24, 2.45) is 0 Å². The molecule has 0 saturated heterocycles. The average Bonchev–Trinajstić information content (AvgIpc) is 2.50. The number of hydrogen-bond donors (Lipinski definition) is 0. The molecule has 0 N–H and O–H groups in total. The molecule has 0 aromatic carbocycles. The Morgan fingerprint density at radius 1 is 1.12 bits per heavy atom. The zero-order valence-electron chi connectivity index (χ0n) is 14.0. The number of aromatic nitrogens is 1. The van der Waals surface area contributed by atoms with Crippen LogP contribution in [0.2, 0.25) is 0 Å². The van der Waals surface area contributed by atoms with E-state index in [4.69, 9.17) is 14.2 Å². The molecule has 0 bridgehead atoms. The van der Waals surface area contributed by atoms with Gasteiger partial charge < -0.3 is 14.2 Å². The van der Waals surface area contributed by atoms with Gasteiger partial charge in [0.15, 0.2) is 0 Å². The van der Waals surface area contributed by atoms with Crippen LogP contribution < -0.4 is 4.74 Å². The zero-order chi connectivity index (χ0) is 18.9. The maximum Gasteiger partial charge on any atom is 0.433 e. The van der Waals surface area contributed by atoms with Crippen molar-refractivity contribution in [1.82, 2.24) is 4.98 Å². The fraction of sp³-hybridized carbons (Fsp3) is 0.562. The lowest BCUT2D eigenvalue weighted by Gasteiger charge is -2.17. The summed E-state index contributed by atoms with van der Waals surface area (Å²) in [6, 6.07) is 3.37. The van der Waals surface area contributed by atoms with Crippen LogP contribution in [0.25, 0.3) is 0 Å². The normalized spacial score (nSPS) is 12.4. The second-order valence-corrected chi connectivity index (χ2v) is 5.21. The van der Waals surface area contributed by atoms with Gasteiger partial charge in [-0.3, -0.25) is 9.59 Å². The van der Waals surface area contributed by atoms with Gasteiger partial charge >= 0.3 is 18.1 Å². The number of alkyl halides is 3. The van der Waals surface area contributed by atoms with E-state index in [9.17, 15) is 22.8 Å². The van der Waals surface area contributed by atoms with E-state index in [1.807, 2.05) is 0 Å². The monoisotopic (exact) mass is 363 g/mol. The van der Waals surface area contributed by atoms with Gasteiger partial charge in [0.05, 0.1) is 13.2 Å². The summed E-state index contributed by atoms with van der Waals surface area (Å²) in [4.78, 5) is 25.2. The molecule has 0 radical (unpaired) electrons. The van der Waals surface area contributed by atoms with Gasteiger partial charge in [-0.15, -0.1) is 0 Å². The summed E-state index contributed by atoms with van der Waals surface area (Å²) >= 11 is 0. The third-order valence-corrected chi connectivity index (χ3v) is 3.01. The molecule has 140 valence electrons. The standard InChI is InChI=1S/C16H20F3NO5/c1-11(21)23-9-4-5-13(25-12(2)22)8-10-24-15-7-3-6-14(20-15)16(17,18)19/h3,6-7,13H,4-5,8-10H2,1-2H3/t13-/m1/s1. The predicted molar refractivity (Wildman–Crippen MR) is 80.8 cm³/mol. The zero-order valence-corrected chi connectivity index (χ0v) is 14.0. The van der Waals surface area contributed by atoms with Crippen LogP contribution >= 0.6 is 0 Å². The van der Waals surface area contributed by atoms with Crippen molar-refractivity contribution < 1.29 is 37.0 Å². The second kappa shape index (κ2) is 9.85. The first-order chi connectivity index (χ1) is 11.7. The Hall–Kier alpha value is -2.32. The molecule has 0 unspecified atom stereocenters. The highest BCUT2D eigenvalue weighted by Crippen LogP contribution is 2.28. The largest absolute Gasteiger partial charge is 0.478 e. The molecular weight excluding hydrogens is 343 g/mol. The van der Waals surface area contributed by atoms with Crippen LogP contribution in [0.3, 0.4) is 0 Å². The van der Waals surface area contributed by atoms with Crippen molar-refractivity contribution in [3.63, 3.8) is 0 Å². The molecule has 1 atom stereocenters. The van der Waals surface area contributed by atoms with Crippen LogP contribution in [0.4, 0.5) is 13.2 Å². The molecule has 9 heteroatoms. The Bertz CT molecular complexity index is 577. The average molecular weight is 363 g/mol. The molecule has 0 aliphatic carbocycles. The van der Waals surface area contributed by atoms with Gasteiger partial charge in [-0.1, -0.05) is 6.07 Å². The third kappa shape index (κ3) is 8.92. The molecule has 0 amide bonds. The van der Waals surface area contributed by atoms with Gasteiger partial charge in [0, 0.05) is 26.3 Å². The molecule has 6 nitrogen and oxygen atoms in total. The number of esters is 2. The summed E-state index contributed by atoms with van der Waals surface area (Å²) in [7, 11) is 0. The maximum atomic E-state index is 12.6. The topological polar surface area (TPSA) is 74.7 Å². The minimum Gasteiger partial charge on any atom is -0.478 e. The number of hydrogen-bond acceptors (Lipinski definition) is 6. The van der Waals surface area contributed by atoms with Crippen molar-refractivity contribution in [3.05, 3.63) is 23.9 Å². The summed E-state index contributed by atoms with van der Waals surface area (Å²) in [5.41, 5.74) is -1.04. The lowest BCUT2D eigenvalue weighted by molar-refractivity contribution is -0.148. The van der Waals surface area contributed by atoms with E-state index < -0.39 is 29.9 Å². The fourth-order valence-electron chi connectivity index (χ4n) is 1.97. The molecule has 0 fully saturated rings. The van der Waals surface area contributed by atoms with Crippen LogP contribution in [0.1, 0.15) is 38.8 Å². The number of pyridine rings is 1. The summed E-state index contributed by atoms with van der Waals surface area (Å²) in [6.07, 6.45) is -3.83. The molecule has 1 heterocycles. The number of rotatable bonds is 9. The summed E-state index contributed by atoms with van der Waals surface area (Å²) in [6.45, 7) is 2.77. The lowest BCUT2D eigenvalue weighted by atomic mass is 10.1. The minimum absolute atomic E-state index is 0.0276. The minimum atomic E-state index is -4.55. The van der Waals surface area contributed by atoms with E-state index in [1.54, 1.807) is 0 Å². The molecular formula is C16H20F3NO5. The van der Waals surface area contributed by atoms with Gasteiger partial charge in [-0.2, -0.15) is 13.2 Å². The first kappa shape index (κ1) is 20.7. The summed E-state index contributed by atoms with van der Waals surface area (Å²) < 4.78 is 52.9. The van der Waals surface area contributed by atoms with Crippen LogP contribution in [0.5, 0.6) is 5.88 Å². The quantitative estimate of drug-likeness (QED) is 0.496. The Labute approximate surface area is 143 Å². The maximum absolute atomic E-state index is 12.6. The number of halogens is 3. The molecule has 25 heavy (non-hydrogen) atoms. The van der Waals surface area contributed by atoms with Gasteiger partial charge in [0.1, 0.15) is 11.8 Å². The van der Waals surface area contributed by atoms with E-state index in [0.29, 0.717) is 12.8 Å². The van der Waals surface area contributed by atoms with Crippen molar-refractivity contribution in [1.29, 1.82) is 0 Å².